The normalized spacial score (nSPS) is 25.5. The molecule has 0 aliphatic carbocycles. The molecule has 0 saturated carbocycles. The maximum absolute atomic E-state index is 5.38. The van der Waals surface area contributed by atoms with Gasteiger partial charge in [-0.15, -0.1) is 0 Å². The molecule has 4 N–H and O–H groups in total. The molecule has 60 valence electrons. The second-order valence-electron chi connectivity index (χ2n) is 2.82. The average Bonchev–Trinajstić information content (AvgIpc) is 2.41. The molecular weight excluding hydrogens is 126 g/mol. The summed E-state index contributed by atoms with van der Waals surface area (Å²) in [5, 5.41) is 6.62. The minimum absolute atomic E-state index is 0.701. The van der Waals surface area contributed by atoms with Crippen LogP contribution in [0.5, 0.6) is 0 Å². The van der Waals surface area contributed by atoms with E-state index in [9.17, 15) is 0 Å². The van der Waals surface area contributed by atoms with Crippen molar-refractivity contribution >= 4 is 0 Å². The first-order valence-electron chi connectivity index (χ1n) is 4.07. The second-order valence-corrected chi connectivity index (χ2v) is 2.82. The standard InChI is InChI=1S/C7H17N3/c8-4-2-1-3-7-5-9-6-10-7/h7,9-10H,1-6,8H2. The third-order valence-electron chi connectivity index (χ3n) is 1.91. The van der Waals surface area contributed by atoms with E-state index in [-0.39, 0.29) is 0 Å². The molecule has 1 saturated heterocycles. The number of hydrogen-bond acceptors (Lipinski definition) is 3. The van der Waals surface area contributed by atoms with Crippen LogP contribution < -0.4 is 16.4 Å². The zero-order valence-corrected chi connectivity index (χ0v) is 6.40. The number of unbranched alkanes of at least 4 members (excludes halogenated alkanes) is 1. The molecule has 0 aromatic heterocycles. The summed E-state index contributed by atoms with van der Waals surface area (Å²) in [6.07, 6.45) is 3.69. The summed E-state index contributed by atoms with van der Waals surface area (Å²) >= 11 is 0. The molecule has 3 nitrogen and oxygen atoms in total. The van der Waals surface area contributed by atoms with Crippen molar-refractivity contribution in [2.45, 2.75) is 25.3 Å². The van der Waals surface area contributed by atoms with Gasteiger partial charge in [0.2, 0.25) is 0 Å². The molecule has 0 aromatic carbocycles. The summed E-state index contributed by atoms with van der Waals surface area (Å²) in [6, 6.07) is 0.701. The predicted octanol–water partition coefficient (Wildman–Crippen LogP) is -0.366. The van der Waals surface area contributed by atoms with Gasteiger partial charge in [0.25, 0.3) is 0 Å². The average molecular weight is 143 g/mol. The van der Waals surface area contributed by atoms with Crippen LogP contribution in [0.2, 0.25) is 0 Å². The van der Waals surface area contributed by atoms with Crippen molar-refractivity contribution < 1.29 is 0 Å². The molecule has 1 unspecified atom stereocenters. The first-order valence-corrected chi connectivity index (χ1v) is 4.07. The van der Waals surface area contributed by atoms with Gasteiger partial charge in [-0.1, -0.05) is 6.42 Å². The van der Waals surface area contributed by atoms with Crippen LogP contribution in [0.4, 0.5) is 0 Å². The van der Waals surface area contributed by atoms with E-state index in [0.29, 0.717) is 6.04 Å². The second kappa shape index (κ2) is 4.66. The van der Waals surface area contributed by atoms with Crippen molar-refractivity contribution in [1.82, 2.24) is 10.6 Å². The van der Waals surface area contributed by atoms with Gasteiger partial charge in [-0.25, -0.2) is 0 Å². The Labute approximate surface area is 62.4 Å². The van der Waals surface area contributed by atoms with Crippen molar-refractivity contribution in [3.8, 4) is 0 Å². The lowest BCUT2D eigenvalue weighted by atomic mass is 10.1. The third kappa shape index (κ3) is 2.64. The fourth-order valence-corrected chi connectivity index (χ4v) is 1.27. The Balaban J connectivity index is 1.91. The zero-order chi connectivity index (χ0) is 7.23. The maximum Gasteiger partial charge on any atom is 0.0457 e. The fourth-order valence-electron chi connectivity index (χ4n) is 1.27. The van der Waals surface area contributed by atoms with Crippen molar-refractivity contribution in [3.05, 3.63) is 0 Å². The van der Waals surface area contributed by atoms with Gasteiger partial charge < -0.3 is 16.4 Å². The molecule has 10 heavy (non-hydrogen) atoms. The van der Waals surface area contributed by atoms with Crippen LogP contribution in [-0.2, 0) is 0 Å². The van der Waals surface area contributed by atoms with Crippen molar-refractivity contribution in [2.24, 2.45) is 5.73 Å². The van der Waals surface area contributed by atoms with Gasteiger partial charge in [0.15, 0.2) is 0 Å². The van der Waals surface area contributed by atoms with Gasteiger partial charge in [-0.2, -0.15) is 0 Å². The van der Waals surface area contributed by atoms with Crippen LogP contribution in [0.3, 0.4) is 0 Å². The smallest absolute Gasteiger partial charge is 0.0457 e. The zero-order valence-electron chi connectivity index (χ0n) is 6.40. The summed E-state index contributed by atoms with van der Waals surface area (Å²) in [6.45, 7) is 2.94. The number of hydrogen-bond donors (Lipinski definition) is 3. The lowest BCUT2D eigenvalue weighted by molar-refractivity contribution is 0.544. The van der Waals surface area contributed by atoms with E-state index in [1.54, 1.807) is 0 Å². The summed E-state index contributed by atoms with van der Waals surface area (Å²) in [5.74, 6) is 0. The Bertz CT molecular complexity index is 78.9. The van der Waals surface area contributed by atoms with Crippen molar-refractivity contribution in [1.29, 1.82) is 0 Å². The SMILES string of the molecule is NCCCCC1CNCN1. The maximum atomic E-state index is 5.38. The minimum atomic E-state index is 0.701. The molecule has 1 fully saturated rings. The Morgan fingerprint density at radius 3 is 2.90 bits per heavy atom. The summed E-state index contributed by atoms with van der Waals surface area (Å²) < 4.78 is 0. The number of nitrogens with two attached hydrogens (primary N) is 1. The molecule has 0 spiro atoms. The Morgan fingerprint density at radius 2 is 2.30 bits per heavy atom. The monoisotopic (exact) mass is 143 g/mol. The predicted molar refractivity (Wildman–Crippen MR) is 42.7 cm³/mol. The highest BCUT2D eigenvalue weighted by atomic mass is 15.2. The van der Waals surface area contributed by atoms with E-state index in [1.807, 2.05) is 0 Å². The molecule has 3 heteroatoms. The van der Waals surface area contributed by atoms with Crippen molar-refractivity contribution in [3.63, 3.8) is 0 Å². The number of rotatable bonds is 4. The van der Waals surface area contributed by atoms with E-state index in [1.165, 1.54) is 12.8 Å². The highest BCUT2D eigenvalue weighted by Crippen LogP contribution is 2.01. The first-order chi connectivity index (χ1) is 4.93. The van der Waals surface area contributed by atoms with Gasteiger partial charge in [0.1, 0.15) is 0 Å². The van der Waals surface area contributed by atoms with E-state index < -0.39 is 0 Å². The van der Waals surface area contributed by atoms with Crippen LogP contribution in [0.15, 0.2) is 0 Å². The van der Waals surface area contributed by atoms with Gasteiger partial charge >= 0.3 is 0 Å². The Morgan fingerprint density at radius 1 is 1.40 bits per heavy atom. The van der Waals surface area contributed by atoms with Crippen LogP contribution in [0.25, 0.3) is 0 Å². The van der Waals surface area contributed by atoms with E-state index >= 15 is 0 Å². The summed E-state index contributed by atoms with van der Waals surface area (Å²) in [4.78, 5) is 0. The fraction of sp³-hybridized carbons (Fsp3) is 1.00. The van der Waals surface area contributed by atoms with Crippen LogP contribution in [0.1, 0.15) is 19.3 Å². The van der Waals surface area contributed by atoms with Crippen molar-refractivity contribution in [2.75, 3.05) is 19.8 Å². The van der Waals surface area contributed by atoms with Crippen LogP contribution in [-0.4, -0.2) is 25.8 Å². The van der Waals surface area contributed by atoms with E-state index in [0.717, 1.165) is 26.2 Å². The van der Waals surface area contributed by atoms with Crippen LogP contribution >= 0.6 is 0 Å². The molecule has 0 aromatic rings. The van der Waals surface area contributed by atoms with Gasteiger partial charge in [0.05, 0.1) is 0 Å². The largest absolute Gasteiger partial charge is 0.330 e. The Kier molecular flexibility index (Phi) is 3.72. The quantitative estimate of drug-likeness (QED) is 0.471. The lowest BCUT2D eigenvalue weighted by Gasteiger charge is -2.06. The molecule has 1 atom stereocenters. The summed E-state index contributed by atoms with van der Waals surface area (Å²) in [5.41, 5.74) is 5.38. The highest BCUT2D eigenvalue weighted by Gasteiger charge is 2.11. The summed E-state index contributed by atoms with van der Waals surface area (Å²) in [7, 11) is 0. The molecule has 0 radical (unpaired) electrons. The highest BCUT2D eigenvalue weighted by molar-refractivity contribution is 4.74. The van der Waals surface area contributed by atoms with Gasteiger partial charge in [0, 0.05) is 19.3 Å². The molecule has 1 aliphatic heterocycles. The molecule has 0 bridgehead atoms. The molecular formula is C7H17N3. The van der Waals surface area contributed by atoms with E-state index in [4.69, 9.17) is 5.73 Å². The molecule has 1 heterocycles. The van der Waals surface area contributed by atoms with Gasteiger partial charge in [-0.05, 0) is 19.4 Å². The lowest BCUT2D eigenvalue weighted by Crippen LogP contribution is -2.23. The van der Waals surface area contributed by atoms with Crippen LogP contribution in [0, 0.1) is 0 Å². The molecule has 1 rings (SSSR count). The Hall–Kier alpha value is -0.120. The van der Waals surface area contributed by atoms with Gasteiger partial charge in [-0.3, -0.25) is 0 Å². The topological polar surface area (TPSA) is 50.1 Å². The minimum Gasteiger partial charge on any atom is -0.330 e. The molecule has 1 aliphatic rings. The molecule has 0 amide bonds. The first kappa shape index (κ1) is 7.98. The van der Waals surface area contributed by atoms with E-state index in [2.05, 4.69) is 10.6 Å². The third-order valence-corrected chi connectivity index (χ3v) is 1.91. The number of nitrogens with one attached hydrogen (secondary N) is 2.